The first-order valence-electron chi connectivity index (χ1n) is 13.8. The fraction of sp³-hybridized carbons (Fsp3) is 0.808. The second kappa shape index (κ2) is 13.2. The smallest absolute Gasteiger partial charge is 0.408 e. The highest BCUT2D eigenvalue weighted by atomic mass is 32.2. The molecular formula is C26H44N6O6S. The van der Waals surface area contributed by atoms with Gasteiger partial charge in [-0.3, -0.25) is 14.4 Å². The van der Waals surface area contributed by atoms with E-state index >= 15 is 0 Å². The number of nitrogens with two attached hydrogens (primary N) is 2. The zero-order valence-corrected chi connectivity index (χ0v) is 24.1. The molecule has 39 heavy (non-hydrogen) atoms. The third kappa shape index (κ3) is 8.23. The van der Waals surface area contributed by atoms with Crippen molar-refractivity contribution in [3.05, 3.63) is 0 Å². The molecule has 4 amide bonds. The van der Waals surface area contributed by atoms with Crippen LogP contribution in [0.5, 0.6) is 0 Å². The molecule has 3 rings (SSSR count). The predicted molar refractivity (Wildman–Crippen MR) is 149 cm³/mol. The zero-order chi connectivity index (χ0) is 28.8. The van der Waals surface area contributed by atoms with Gasteiger partial charge in [-0.05, 0) is 57.5 Å². The second-order valence-corrected chi connectivity index (χ2v) is 13.1. The highest BCUT2D eigenvalue weighted by Gasteiger charge is 2.47. The van der Waals surface area contributed by atoms with Gasteiger partial charge in [-0.2, -0.15) is 16.9 Å². The van der Waals surface area contributed by atoms with Gasteiger partial charge in [0.1, 0.15) is 17.7 Å². The van der Waals surface area contributed by atoms with Crippen molar-refractivity contribution in [2.24, 2.45) is 22.6 Å². The van der Waals surface area contributed by atoms with E-state index < -0.39 is 53.1 Å². The lowest BCUT2D eigenvalue weighted by molar-refractivity contribution is -0.143. The molecular weight excluding hydrogens is 524 g/mol. The third-order valence-electron chi connectivity index (χ3n) is 7.76. The molecule has 1 aliphatic carbocycles. The molecule has 2 saturated heterocycles. The van der Waals surface area contributed by atoms with Crippen LogP contribution in [0.15, 0.2) is 5.10 Å². The van der Waals surface area contributed by atoms with Gasteiger partial charge in [-0.1, -0.05) is 32.1 Å². The van der Waals surface area contributed by atoms with Crippen molar-refractivity contribution in [1.82, 2.24) is 15.5 Å². The number of alkyl carbamates (subject to hydrolysis) is 1. The molecule has 0 aromatic carbocycles. The molecule has 0 aromatic heterocycles. The first-order chi connectivity index (χ1) is 18.3. The average molecular weight is 569 g/mol. The van der Waals surface area contributed by atoms with E-state index in [2.05, 4.69) is 15.7 Å². The summed E-state index contributed by atoms with van der Waals surface area (Å²) in [6.07, 6.45) is 4.20. The Morgan fingerprint density at radius 3 is 2.38 bits per heavy atom. The van der Waals surface area contributed by atoms with Crippen LogP contribution < -0.4 is 22.2 Å². The maximum Gasteiger partial charge on any atom is 0.408 e. The van der Waals surface area contributed by atoms with E-state index in [-0.39, 0.29) is 18.9 Å². The molecule has 3 fully saturated rings. The van der Waals surface area contributed by atoms with E-state index in [1.54, 1.807) is 32.5 Å². The molecule has 3 aliphatic rings. The van der Waals surface area contributed by atoms with Gasteiger partial charge in [0.25, 0.3) is 0 Å². The number of rotatable bonds is 8. The van der Waals surface area contributed by atoms with Crippen LogP contribution in [0.1, 0.15) is 78.6 Å². The highest BCUT2D eigenvalue weighted by molar-refractivity contribution is 7.99. The van der Waals surface area contributed by atoms with Crippen LogP contribution in [0.3, 0.4) is 0 Å². The normalized spacial score (nSPS) is 24.6. The maximum atomic E-state index is 14.0. The number of nitrogens with zero attached hydrogens (tertiary/aromatic N) is 2. The number of hydrazone groups is 1. The molecule has 7 N–H and O–H groups in total. The minimum absolute atomic E-state index is 0.0335. The summed E-state index contributed by atoms with van der Waals surface area (Å²) in [6.45, 7) is 5.27. The van der Waals surface area contributed by atoms with E-state index in [1.807, 2.05) is 0 Å². The Bertz CT molecular complexity index is 942. The van der Waals surface area contributed by atoms with Crippen LogP contribution >= 0.6 is 11.8 Å². The molecule has 0 bridgehead atoms. The minimum Gasteiger partial charge on any atom is -0.444 e. The van der Waals surface area contributed by atoms with E-state index in [4.69, 9.17) is 16.3 Å². The Hall–Kier alpha value is -2.54. The van der Waals surface area contributed by atoms with Crippen molar-refractivity contribution in [3.63, 3.8) is 0 Å². The van der Waals surface area contributed by atoms with E-state index in [0.29, 0.717) is 36.5 Å². The maximum absolute atomic E-state index is 14.0. The largest absolute Gasteiger partial charge is 0.444 e. The zero-order valence-electron chi connectivity index (χ0n) is 23.2. The summed E-state index contributed by atoms with van der Waals surface area (Å²) in [5.41, 5.74) is 3.91. The van der Waals surface area contributed by atoms with Gasteiger partial charge in [0.15, 0.2) is 6.10 Å². The second-order valence-electron chi connectivity index (χ2n) is 11.9. The number of hydrogen-bond donors (Lipinski definition) is 5. The van der Waals surface area contributed by atoms with E-state index in [9.17, 15) is 24.3 Å². The Morgan fingerprint density at radius 1 is 1.18 bits per heavy atom. The van der Waals surface area contributed by atoms with Crippen LogP contribution in [0.4, 0.5) is 4.79 Å². The van der Waals surface area contributed by atoms with Gasteiger partial charge < -0.3 is 37.0 Å². The molecule has 3 unspecified atom stereocenters. The molecule has 0 spiro atoms. The number of carbonyl (C=O) groups is 4. The van der Waals surface area contributed by atoms with Crippen molar-refractivity contribution in [2.45, 2.75) is 108 Å². The van der Waals surface area contributed by atoms with Crippen molar-refractivity contribution in [1.29, 1.82) is 0 Å². The number of nitrogens with one attached hydrogen (secondary N) is 2. The van der Waals surface area contributed by atoms with E-state index in [0.717, 1.165) is 32.1 Å². The SMILES string of the molecule is CC(C)(C)OC(=O)NC(CC1CCCCC1)C(=O)N1CC(=NN)CC1C(=O)NC1(C(O)C(N)=O)CCSCC1. The first-order valence-corrected chi connectivity index (χ1v) is 14.9. The van der Waals surface area contributed by atoms with Gasteiger partial charge in [-0.15, -0.1) is 0 Å². The number of primary amides is 1. The van der Waals surface area contributed by atoms with Crippen molar-refractivity contribution in [2.75, 3.05) is 18.1 Å². The van der Waals surface area contributed by atoms with Crippen LogP contribution in [-0.2, 0) is 19.1 Å². The molecule has 12 nitrogen and oxygen atoms in total. The summed E-state index contributed by atoms with van der Waals surface area (Å²) in [4.78, 5) is 53.6. The summed E-state index contributed by atoms with van der Waals surface area (Å²) in [6, 6.07) is -1.87. The van der Waals surface area contributed by atoms with Crippen LogP contribution in [0, 0.1) is 5.92 Å². The predicted octanol–water partition coefficient (Wildman–Crippen LogP) is 0.994. The first kappa shape index (κ1) is 31.0. The molecule has 3 atom stereocenters. The van der Waals surface area contributed by atoms with Gasteiger partial charge >= 0.3 is 6.09 Å². The summed E-state index contributed by atoms with van der Waals surface area (Å²) < 4.78 is 5.43. The number of carbonyl (C=O) groups excluding carboxylic acids is 4. The number of aliphatic hydroxyl groups is 1. The number of likely N-dealkylation sites (tertiary alicyclic amines) is 1. The Kier molecular flexibility index (Phi) is 10.5. The third-order valence-corrected chi connectivity index (χ3v) is 8.74. The lowest BCUT2D eigenvalue weighted by atomic mass is 9.84. The summed E-state index contributed by atoms with van der Waals surface area (Å²) in [5, 5.41) is 20.0. The van der Waals surface area contributed by atoms with Crippen LogP contribution in [0.25, 0.3) is 0 Å². The fourth-order valence-corrected chi connectivity index (χ4v) is 6.92. The number of ether oxygens (including phenoxy) is 1. The van der Waals surface area contributed by atoms with Gasteiger partial charge in [0.2, 0.25) is 17.7 Å². The monoisotopic (exact) mass is 568 g/mol. The number of thioether (sulfide) groups is 1. The van der Waals surface area contributed by atoms with Crippen molar-refractivity contribution >= 4 is 41.3 Å². The lowest BCUT2D eigenvalue weighted by Gasteiger charge is -2.41. The van der Waals surface area contributed by atoms with E-state index in [1.165, 1.54) is 4.90 Å². The minimum atomic E-state index is -1.57. The number of aliphatic hydroxyl groups excluding tert-OH is 1. The summed E-state index contributed by atoms with van der Waals surface area (Å²) >= 11 is 1.66. The van der Waals surface area contributed by atoms with Crippen LogP contribution in [-0.4, -0.2) is 86.9 Å². The fourth-order valence-electron chi connectivity index (χ4n) is 5.70. The number of hydrogen-bond acceptors (Lipinski definition) is 9. The molecule has 2 heterocycles. The topological polar surface area (TPSA) is 189 Å². The van der Waals surface area contributed by atoms with Gasteiger partial charge in [-0.25, -0.2) is 4.79 Å². The lowest BCUT2D eigenvalue weighted by Crippen LogP contribution is -2.65. The van der Waals surface area contributed by atoms with Gasteiger partial charge in [0.05, 0.1) is 17.8 Å². The Balaban J connectivity index is 1.84. The summed E-state index contributed by atoms with van der Waals surface area (Å²) in [5.74, 6) is 5.22. The summed E-state index contributed by atoms with van der Waals surface area (Å²) in [7, 11) is 0. The average Bonchev–Trinajstić information content (AvgIpc) is 3.32. The molecule has 2 aliphatic heterocycles. The van der Waals surface area contributed by atoms with Crippen LogP contribution in [0.2, 0.25) is 0 Å². The van der Waals surface area contributed by atoms with Crippen molar-refractivity contribution < 1.29 is 29.0 Å². The molecule has 0 radical (unpaired) electrons. The van der Waals surface area contributed by atoms with Gasteiger partial charge in [0, 0.05) is 6.42 Å². The van der Waals surface area contributed by atoms with Crippen molar-refractivity contribution in [3.8, 4) is 0 Å². The Morgan fingerprint density at radius 2 is 1.82 bits per heavy atom. The molecule has 13 heteroatoms. The Labute approximate surface area is 234 Å². The highest BCUT2D eigenvalue weighted by Crippen LogP contribution is 2.32. The molecule has 1 saturated carbocycles. The standard InChI is InChI=1S/C26H44N6O6S/c1-25(2,3)38-24(37)29-18(13-16-7-5-4-6-8-16)23(36)32-15-17(31-28)14-19(32)22(35)30-26(20(33)21(27)34)9-11-39-12-10-26/h16,18-20,33H,4-15,28H2,1-3H3,(H2,27,34)(H,29,37)(H,30,35). The molecule has 0 aromatic rings. The molecule has 220 valence electrons. The number of amides is 4. The quantitative estimate of drug-likeness (QED) is 0.212.